The van der Waals surface area contributed by atoms with Crippen LogP contribution in [0.5, 0.6) is 11.5 Å². The van der Waals surface area contributed by atoms with Crippen molar-refractivity contribution >= 4 is 29.8 Å². The first-order chi connectivity index (χ1) is 22.0. The van der Waals surface area contributed by atoms with Crippen molar-refractivity contribution in [3.05, 3.63) is 130 Å². The van der Waals surface area contributed by atoms with E-state index < -0.39 is 70.2 Å². The molecular weight excluding hydrogens is 642 g/mol. The Morgan fingerprint density at radius 2 is 1.02 bits per heavy atom. The van der Waals surface area contributed by atoms with E-state index >= 15 is 0 Å². The van der Waals surface area contributed by atoms with E-state index in [0.29, 0.717) is 36.4 Å². The summed E-state index contributed by atoms with van der Waals surface area (Å²) < 4.78 is 102. The Hall–Kier alpha value is -5.99. The molecule has 0 amide bonds. The number of carbonyl (C=O) groups excluding carboxylic acids is 4. The molecule has 1 aliphatic heterocycles. The second-order valence-corrected chi connectivity index (χ2v) is 9.90. The lowest BCUT2D eigenvalue weighted by Crippen LogP contribution is -2.54. The lowest BCUT2D eigenvalue weighted by atomic mass is 9.73. The van der Waals surface area contributed by atoms with Crippen molar-refractivity contribution in [1.29, 1.82) is 0 Å². The molecule has 15 heteroatoms. The molecule has 1 N–H and O–H groups in total. The predicted octanol–water partition coefficient (Wildman–Crippen LogP) is 6.54. The van der Waals surface area contributed by atoms with Crippen molar-refractivity contribution in [2.75, 3.05) is 0 Å². The third-order valence-corrected chi connectivity index (χ3v) is 7.07. The number of carboxylic acid groups (broad SMARTS) is 1. The van der Waals surface area contributed by atoms with Crippen LogP contribution in [0.15, 0.2) is 91.0 Å². The van der Waals surface area contributed by atoms with Crippen LogP contribution in [-0.4, -0.2) is 47.3 Å². The lowest BCUT2D eigenvalue weighted by Gasteiger charge is -2.38. The minimum absolute atomic E-state index is 0.108. The van der Waals surface area contributed by atoms with Crippen LogP contribution >= 0.6 is 0 Å². The van der Waals surface area contributed by atoms with E-state index in [9.17, 15) is 50.3 Å². The lowest BCUT2D eigenvalue weighted by molar-refractivity contribution is -0.288. The fourth-order valence-electron chi connectivity index (χ4n) is 4.85. The SMILES string of the molecule is O=C(O)c1cccc(C(=O)Oc2ccc(C(c3ccc(OC(=O)c4ccc5c(c4)C(=O)OC5=O)cc3)(C(F)(F)F)C(F)(F)F)cc2)c1. The molecule has 4 aromatic rings. The Kier molecular flexibility index (Phi) is 8.10. The number of halogens is 6. The number of benzene rings is 4. The van der Waals surface area contributed by atoms with Gasteiger partial charge in [-0.3, -0.25) is 0 Å². The molecule has 0 radical (unpaired) electrons. The summed E-state index contributed by atoms with van der Waals surface area (Å²) in [6.45, 7) is 0. The van der Waals surface area contributed by atoms with Crippen molar-refractivity contribution in [3.8, 4) is 11.5 Å². The van der Waals surface area contributed by atoms with Gasteiger partial charge in [0.15, 0.2) is 0 Å². The van der Waals surface area contributed by atoms with E-state index in [1.54, 1.807) is 0 Å². The molecule has 9 nitrogen and oxygen atoms in total. The largest absolute Gasteiger partial charge is 0.478 e. The number of alkyl halides is 6. The average Bonchev–Trinajstić information content (AvgIpc) is 3.29. The molecule has 1 aliphatic rings. The van der Waals surface area contributed by atoms with E-state index in [1.807, 2.05) is 0 Å². The zero-order valence-electron chi connectivity index (χ0n) is 23.1. The highest BCUT2D eigenvalue weighted by Crippen LogP contribution is 2.56. The van der Waals surface area contributed by atoms with Crippen LogP contribution in [0, 0.1) is 0 Å². The van der Waals surface area contributed by atoms with Gasteiger partial charge < -0.3 is 19.3 Å². The van der Waals surface area contributed by atoms with Gasteiger partial charge >= 0.3 is 42.2 Å². The maximum atomic E-state index is 14.6. The van der Waals surface area contributed by atoms with Gasteiger partial charge in [-0.1, -0.05) is 30.3 Å². The average molecular weight is 658 g/mol. The molecule has 0 saturated heterocycles. The van der Waals surface area contributed by atoms with Crippen LogP contribution in [0.25, 0.3) is 0 Å². The molecule has 4 aromatic carbocycles. The molecule has 0 bridgehead atoms. The second-order valence-electron chi connectivity index (χ2n) is 9.90. The van der Waals surface area contributed by atoms with E-state index in [0.717, 1.165) is 36.4 Å². The van der Waals surface area contributed by atoms with Gasteiger partial charge in [0.25, 0.3) is 0 Å². The number of ether oxygens (including phenoxy) is 3. The molecule has 1 heterocycles. The Bertz CT molecular complexity index is 1910. The standard InChI is InChI=1S/C32H16F6O9/c33-31(34,35)30(32(36,37)38,19-5-9-21(10-6-19)45-26(41)17-3-1-2-16(14-17)25(39)40)20-7-11-22(12-8-20)46-27(42)18-4-13-23-24(15-18)29(44)47-28(23)43/h1-15H,(H,39,40). The summed E-state index contributed by atoms with van der Waals surface area (Å²) in [5, 5.41) is 9.08. The van der Waals surface area contributed by atoms with Gasteiger partial charge in [0.1, 0.15) is 11.5 Å². The molecule has 0 aliphatic carbocycles. The summed E-state index contributed by atoms with van der Waals surface area (Å²) in [7, 11) is 0. The highest BCUT2D eigenvalue weighted by atomic mass is 19.4. The van der Waals surface area contributed by atoms with E-state index in [2.05, 4.69) is 4.74 Å². The number of hydrogen-bond acceptors (Lipinski definition) is 8. The fourth-order valence-corrected chi connectivity index (χ4v) is 4.85. The third-order valence-electron chi connectivity index (χ3n) is 7.07. The summed E-state index contributed by atoms with van der Waals surface area (Å²) >= 11 is 0. The monoisotopic (exact) mass is 658 g/mol. The number of hydrogen-bond donors (Lipinski definition) is 1. The zero-order valence-corrected chi connectivity index (χ0v) is 23.1. The van der Waals surface area contributed by atoms with E-state index in [-0.39, 0.29) is 27.8 Å². The molecular formula is C32H16F6O9. The zero-order chi connectivity index (χ0) is 34.3. The van der Waals surface area contributed by atoms with Gasteiger partial charge in [-0.2, -0.15) is 26.3 Å². The van der Waals surface area contributed by atoms with Gasteiger partial charge in [-0.05, 0) is 71.8 Å². The fraction of sp³-hybridized carbons (Fsp3) is 0.0938. The topological polar surface area (TPSA) is 133 Å². The maximum Gasteiger partial charge on any atom is 0.411 e. The molecule has 47 heavy (non-hydrogen) atoms. The number of fused-ring (bicyclic) bond motifs is 1. The summed E-state index contributed by atoms with van der Waals surface area (Å²) in [6.07, 6.45) is -11.9. The number of rotatable bonds is 7. The summed E-state index contributed by atoms with van der Waals surface area (Å²) in [6, 6.07) is 12.6. The minimum Gasteiger partial charge on any atom is -0.478 e. The van der Waals surface area contributed by atoms with Crippen LogP contribution in [0.4, 0.5) is 26.3 Å². The molecule has 5 rings (SSSR count). The molecule has 0 saturated carbocycles. The van der Waals surface area contributed by atoms with Crippen molar-refractivity contribution in [3.63, 3.8) is 0 Å². The van der Waals surface area contributed by atoms with Crippen molar-refractivity contribution in [2.24, 2.45) is 0 Å². The van der Waals surface area contributed by atoms with Crippen LogP contribution in [0.3, 0.4) is 0 Å². The van der Waals surface area contributed by atoms with Crippen molar-refractivity contribution in [1.82, 2.24) is 0 Å². The van der Waals surface area contributed by atoms with Crippen LogP contribution in [0.1, 0.15) is 62.9 Å². The van der Waals surface area contributed by atoms with Gasteiger partial charge in [0.05, 0.1) is 27.8 Å². The molecule has 0 spiro atoms. The first-order valence-electron chi connectivity index (χ1n) is 13.1. The quantitative estimate of drug-likeness (QED) is 0.102. The first-order valence-corrected chi connectivity index (χ1v) is 13.1. The summed E-state index contributed by atoms with van der Waals surface area (Å²) in [4.78, 5) is 59.5. The summed E-state index contributed by atoms with van der Waals surface area (Å²) in [5.41, 5.74) is -8.24. The summed E-state index contributed by atoms with van der Waals surface area (Å²) in [5.74, 6) is -6.41. The molecule has 0 aromatic heterocycles. The number of aromatic carboxylic acids is 1. The Balaban J connectivity index is 1.43. The van der Waals surface area contributed by atoms with Gasteiger partial charge in [-0.15, -0.1) is 0 Å². The smallest absolute Gasteiger partial charge is 0.411 e. The Morgan fingerprint density at radius 1 is 0.574 bits per heavy atom. The van der Waals surface area contributed by atoms with Crippen LogP contribution in [-0.2, 0) is 10.2 Å². The van der Waals surface area contributed by atoms with E-state index in [4.69, 9.17) is 14.6 Å². The predicted molar refractivity (Wildman–Crippen MR) is 145 cm³/mol. The number of carbonyl (C=O) groups is 5. The van der Waals surface area contributed by atoms with Gasteiger partial charge in [0, 0.05) is 0 Å². The Morgan fingerprint density at radius 3 is 1.49 bits per heavy atom. The van der Waals surface area contributed by atoms with Crippen LogP contribution < -0.4 is 9.47 Å². The van der Waals surface area contributed by atoms with E-state index in [1.165, 1.54) is 18.2 Å². The second kappa shape index (κ2) is 11.7. The van der Waals surface area contributed by atoms with Gasteiger partial charge in [0.2, 0.25) is 5.41 Å². The normalized spacial score (nSPS) is 13.1. The van der Waals surface area contributed by atoms with Gasteiger partial charge in [-0.25, -0.2) is 24.0 Å². The highest BCUT2D eigenvalue weighted by molar-refractivity contribution is 6.15. The molecule has 240 valence electrons. The number of carboxylic acids is 1. The number of cyclic esters (lactones) is 2. The first kappa shape index (κ1) is 32.4. The Labute approximate surface area is 258 Å². The molecule has 0 atom stereocenters. The number of esters is 4. The molecule has 0 fully saturated rings. The third kappa shape index (κ3) is 5.90. The minimum atomic E-state index is -5.96. The molecule has 0 unspecified atom stereocenters. The van der Waals surface area contributed by atoms with Crippen molar-refractivity contribution < 1.29 is 69.6 Å². The highest BCUT2D eigenvalue weighted by Gasteiger charge is 2.72. The van der Waals surface area contributed by atoms with Crippen LogP contribution in [0.2, 0.25) is 0 Å². The maximum absolute atomic E-state index is 14.6. The van der Waals surface area contributed by atoms with Crippen molar-refractivity contribution in [2.45, 2.75) is 17.8 Å².